The van der Waals surface area contributed by atoms with Gasteiger partial charge in [0.05, 0.1) is 24.4 Å². The molecule has 0 radical (unpaired) electrons. The molecule has 0 amide bonds. The molecule has 0 aromatic heterocycles. The summed E-state index contributed by atoms with van der Waals surface area (Å²) < 4.78 is 5.90. The van der Waals surface area contributed by atoms with Crippen LogP contribution < -0.4 is 0 Å². The van der Waals surface area contributed by atoms with E-state index in [9.17, 15) is 10.2 Å². The lowest BCUT2D eigenvalue weighted by molar-refractivity contribution is -0.0786. The van der Waals surface area contributed by atoms with Crippen molar-refractivity contribution in [2.45, 2.75) is 115 Å². The van der Waals surface area contributed by atoms with Crippen molar-refractivity contribution in [1.29, 1.82) is 0 Å². The smallest absolute Gasteiger partial charge is 0.0840 e. The summed E-state index contributed by atoms with van der Waals surface area (Å²) in [5, 5.41) is 20.4. The van der Waals surface area contributed by atoms with Gasteiger partial charge in [0, 0.05) is 0 Å². The van der Waals surface area contributed by atoms with Crippen molar-refractivity contribution >= 4 is 0 Å². The Balaban J connectivity index is 2.15. The summed E-state index contributed by atoms with van der Waals surface area (Å²) in [4.78, 5) is 0. The van der Waals surface area contributed by atoms with Crippen LogP contribution in [0.15, 0.2) is 0 Å². The molecule has 126 valence electrons. The Hall–Kier alpha value is -0.120. The molecule has 21 heavy (non-hydrogen) atoms. The van der Waals surface area contributed by atoms with Crippen LogP contribution in [0.2, 0.25) is 0 Å². The third-order valence-corrected chi connectivity index (χ3v) is 4.65. The number of aliphatic hydroxyl groups is 2. The van der Waals surface area contributed by atoms with Crippen molar-refractivity contribution in [2.75, 3.05) is 0 Å². The topological polar surface area (TPSA) is 49.7 Å². The standard InChI is InChI=1S/C18H36O3/c1-3-5-7-9-11-15(19)17-13-14-18(21-17)16(20)12-10-8-6-4-2/h15-20H,3-14H2,1-2H3/t15-,16+,17-,18-/m1/s1. The molecule has 0 bridgehead atoms. The number of rotatable bonds is 12. The number of ether oxygens (including phenoxy) is 1. The van der Waals surface area contributed by atoms with Crippen LogP contribution >= 0.6 is 0 Å². The highest BCUT2D eigenvalue weighted by molar-refractivity contribution is 4.83. The first-order chi connectivity index (χ1) is 10.2. The minimum absolute atomic E-state index is 0.0538. The molecule has 3 nitrogen and oxygen atoms in total. The fourth-order valence-electron chi connectivity index (χ4n) is 3.19. The average molecular weight is 300 g/mol. The Bertz CT molecular complexity index is 221. The fourth-order valence-corrected chi connectivity index (χ4v) is 3.19. The molecule has 1 aliphatic heterocycles. The largest absolute Gasteiger partial charge is 0.390 e. The van der Waals surface area contributed by atoms with Gasteiger partial charge in [0.2, 0.25) is 0 Å². The highest BCUT2D eigenvalue weighted by atomic mass is 16.5. The maximum Gasteiger partial charge on any atom is 0.0840 e. The predicted molar refractivity (Wildman–Crippen MR) is 87.4 cm³/mol. The van der Waals surface area contributed by atoms with Gasteiger partial charge in [-0.05, 0) is 25.7 Å². The van der Waals surface area contributed by atoms with Gasteiger partial charge >= 0.3 is 0 Å². The first kappa shape index (κ1) is 18.9. The van der Waals surface area contributed by atoms with Crippen LogP contribution in [0, 0.1) is 0 Å². The van der Waals surface area contributed by atoms with E-state index < -0.39 is 0 Å². The molecule has 1 saturated heterocycles. The highest BCUT2D eigenvalue weighted by Gasteiger charge is 2.33. The molecule has 0 aliphatic carbocycles. The lowest BCUT2D eigenvalue weighted by Gasteiger charge is -2.22. The fraction of sp³-hybridized carbons (Fsp3) is 1.00. The molecule has 1 heterocycles. The molecule has 0 aromatic carbocycles. The molecule has 3 heteroatoms. The zero-order valence-corrected chi connectivity index (χ0v) is 14.1. The second-order valence-electron chi connectivity index (χ2n) is 6.62. The number of hydrogen-bond acceptors (Lipinski definition) is 3. The second-order valence-corrected chi connectivity index (χ2v) is 6.62. The highest BCUT2D eigenvalue weighted by Crippen LogP contribution is 2.28. The Kier molecular flexibility index (Phi) is 10.3. The molecule has 4 atom stereocenters. The predicted octanol–water partition coefficient (Wildman–Crippen LogP) is 4.20. The molecule has 0 unspecified atom stereocenters. The molecular weight excluding hydrogens is 264 g/mol. The molecule has 0 saturated carbocycles. The van der Waals surface area contributed by atoms with E-state index >= 15 is 0 Å². The molecule has 0 spiro atoms. The van der Waals surface area contributed by atoms with E-state index in [4.69, 9.17) is 4.74 Å². The summed E-state index contributed by atoms with van der Waals surface area (Å²) in [5.74, 6) is 0. The third kappa shape index (κ3) is 7.62. The van der Waals surface area contributed by atoms with Gasteiger partial charge in [0.25, 0.3) is 0 Å². The van der Waals surface area contributed by atoms with E-state index in [-0.39, 0.29) is 24.4 Å². The van der Waals surface area contributed by atoms with Gasteiger partial charge in [-0.15, -0.1) is 0 Å². The van der Waals surface area contributed by atoms with Gasteiger partial charge in [0.15, 0.2) is 0 Å². The summed E-state index contributed by atoms with van der Waals surface area (Å²) in [6.07, 6.45) is 12.2. The third-order valence-electron chi connectivity index (χ3n) is 4.65. The Morgan fingerprint density at radius 1 is 0.762 bits per heavy atom. The van der Waals surface area contributed by atoms with Gasteiger partial charge in [0.1, 0.15) is 0 Å². The second kappa shape index (κ2) is 11.4. The van der Waals surface area contributed by atoms with Crippen LogP contribution in [0.5, 0.6) is 0 Å². The summed E-state index contributed by atoms with van der Waals surface area (Å²) in [6, 6.07) is 0. The van der Waals surface area contributed by atoms with E-state index in [0.29, 0.717) is 0 Å². The van der Waals surface area contributed by atoms with Crippen molar-refractivity contribution < 1.29 is 14.9 Å². The van der Waals surface area contributed by atoms with Crippen molar-refractivity contribution in [3.63, 3.8) is 0 Å². The van der Waals surface area contributed by atoms with E-state index in [2.05, 4.69) is 13.8 Å². The summed E-state index contributed by atoms with van der Waals surface area (Å²) in [6.45, 7) is 4.39. The van der Waals surface area contributed by atoms with Crippen LogP contribution in [0.3, 0.4) is 0 Å². The molecule has 1 rings (SSSR count). The van der Waals surface area contributed by atoms with E-state index in [1.54, 1.807) is 0 Å². The van der Waals surface area contributed by atoms with Gasteiger partial charge in [-0.1, -0.05) is 65.2 Å². The van der Waals surface area contributed by atoms with Crippen molar-refractivity contribution in [1.82, 2.24) is 0 Å². The van der Waals surface area contributed by atoms with Crippen LogP contribution in [-0.2, 0) is 4.74 Å². The van der Waals surface area contributed by atoms with Gasteiger partial charge in [-0.25, -0.2) is 0 Å². The normalized spacial score (nSPS) is 25.1. The molecule has 1 aliphatic rings. The first-order valence-electron chi connectivity index (χ1n) is 9.20. The van der Waals surface area contributed by atoms with Gasteiger partial charge < -0.3 is 14.9 Å². The van der Waals surface area contributed by atoms with E-state index in [1.165, 1.54) is 38.5 Å². The van der Waals surface area contributed by atoms with Crippen LogP contribution in [0.1, 0.15) is 90.9 Å². The van der Waals surface area contributed by atoms with Gasteiger partial charge in [-0.3, -0.25) is 0 Å². The maximum atomic E-state index is 10.2. The summed E-state index contributed by atoms with van der Waals surface area (Å²) in [5.41, 5.74) is 0. The lowest BCUT2D eigenvalue weighted by atomic mass is 10.0. The Morgan fingerprint density at radius 2 is 1.19 bits per heavy atom. The van der Waals surface area contributed by atoms with Crippen LogP contribution in [0.25, 0.3) is 0 Å². The average Bonchev–Trinajstić information content (AvgIpc) is 2.98. The maximum absolute atomic E-state index is 10.2. The van der Waals surface area contributed by atoms with Crippen molar-refractivity contribution in [3.05, 3.63) is 0 Å². The number of unbranched alkanes of at least 4 members (excludes halogenated alkanes) is 6. The number of aliphatic hydroxyl groups excluding tert-OH is 2. The molecule has 2 N–H and O–H groups in total. The monoisotopic (exact) mass is 300 g/mol. The number of hydrogen-bond donors (Lipinski definition) is 2. The van der Waals surface area contributed by atoms with E-state index in [0.717, 1.165) is 38.5 Å². The molecule has 1 fully saturated rings. The minimum atomic E-state index is -0.348. The van der Waals surface area contributed by atoms with Crippen molar-refractivity contribution in [2.24, 2.45) is 0 Å². The molecule has 0 aromatic rings. The zero-order chi connectivity index (χ0) is 15.5. The lowest BCUT2D eigenvalue weighted by Crippen LogP contribution is -2.31. The summed E-state index contributed by atoms with van der Waals surface area (Å²) in [7, 11) is 0. The zero-order valence-electron chi connectivity index (χ0n) is 14.1. The molecular formula is C18H36O3. The quantitative estimate of drug-likeness (QED) is 0.531. The minimum Gasteiger partial charge on any atom is -0.390 e. The Labute approximate surface area is 131 Å². The van der Waals surface area contributed by atoms with Gasteiger partial charge in [-0.2, -0.15) is 0 Å². The summed E-state index contributed by atoms with van der Waals surface area (Å²) >= 11 is 0. The SMILES string of the molecule is CCCCCC[C@@H](O)[C@H]1CC[C@H]([C@@H](O)CCCCCC)O1. The van der Waals surface area contributed by atoms with Crippen LogP contribution in [0.4, 0.5) is 0 Å². The van der Waals surface area contributed by atoms with Crippen LogP contribution in [-0.4, -0.2) is 34.6 Å². The van der Waals surface area contributed by atoms with E-state index in [1.807, 2.05) is 0 Å². The first-order valence-corrected chi connectivity index (χ1v) is 9.20. The van der Waals surface area contributed by atoms with Crippen molar-refractivity contribution in [3.8, 4) is 0 Å². The Morgan fingerprint density at radius 3 is 1.57 bits per heavy atom.